The number of hydrogen-bond acceptors (Lipinski definition) is 7. The summed E-state index contributed by atoms with van der Waals surface area (Å²) in [5, 5.41) is 6.01. The fourth-order valence-corrected chi connectivity index (χ4v) is 4.23. The number of esters is 2. The normalized spacial score (nSPS) is 10.8. The highest BCUT2D eigenvalue weighted by molar-refractivity contribution is 7.20. The van der Waals surface area contributed by atoms with Crippen molar-refractivity contribution in [2.24, 2.45) is 0 Å². The van der Waals surface area contributed by atoms with Crippen LogP contribution in [0.2, 0.25) is 5.02 Å². The summed E-state index contributed by atoms with van der Waals surface area (Å²) in [7, 11) is 2.43. The lowest BCUT2D eigenvalue weighted by Crippen LogP contribution is -2.39. The fraction of sp³-hybridized carbons (Fsp3) is 0.300. The van der Waals surface area contributed by atoms with Gasteiger partial charge in [0, 0.05) is 10.4 Å². The van der Waals surface area contributed by atoms with Crippen LogP contribution in [0, 0.1) is 6.92 Å². The first-order chi connectivity index (χ1) is 14.3. The van der Waals surface area contributed by atoms with Crippen molar-refractivity contribution in [1.29, 1.82) is 0 Å². The number of ether oxygens (including phenoxy) is 2. The van der Waals surface area contributed by atoms with Gasteiger partial charge in [-0.25, -0.2) is 0 Å². The Morgan fingerprint density at radius 3 is 2.37 bits per heavy atom. The van der Waals surface area contributed by atoms with Crippen molar-refractivity contribution in [3.05, 3.63) is 51.5 Å². The van der Waals surface area contributed by atoms with Crippen LogP contribution < -0.4 is 0 Å². The van der Waals surface area contributed by atoms with Gasteiger partial charge in [0.1, 0.15) is 17.9 Å². The van der Waals surface area contributed by atoms with Crippen molar-refractivity contribution < 1.29 is 23.9 Å². The van der Waals surface area contributed by atoms with Crippen LogP contribution in [0.3, 0.4) is 0 Å². The van der Waals surface area contributed by atoms with Gasteiger partial charge in [-0.3, -0.25) is 19.1 Å². The molecule has 0 N–H and O–H groups in total. The Kier molecular flexibility index (Phi) is 6.73. The van der Waals surface area contributed by atoms with E-state index in [1.165, 1.54) is 25.6 Å². The van der Waals surface area contributed by atoms with Crippen molar-refractivity contribution in [2.75, 3.05) is 27.3 Å². The van der Waals surface area contributed by atoms with Gasteiger partial charge in [0.2, 0.25) is 0 Å². The van der Waals surface area contributed by atoms with Gasteiger partial charge in [-0.05, 0) is 24.6 Å². The van der Waals surface area contributed by atoms with E-state index in [0.717, 1.165) is 26.4 Å². The zero-order chi connectivity index (χ0) is 21.8. The summed E-state index contributed by atoms with van der Waals surface area (Å²) in [5.41, 5.74) is 1.67. The van der Waals surface area contributed by atoms with Crippen LogP contribution in [-0.2, 0) is 25.6 Å². The molecule has 158 valence electrons. The molecular formula is C20H20ClN3O5S. The fourth-order valence-electron chi connectivity index (χ4n) is 2.91. The lowest BCUT2D eigenvalue weighted by molar-refractivity contribution is -0.144. The molecule has 30 heavy (non-hydrogen) atoms. The second-order valence-corrected chi connectivity index (χ2v) is 7.92. The summed E-state index contributed by atoms with van der Waals surface area (Å²) < 4.78 is 11.1. The van der Waals surface area contributed by atoms with Gasteiger partial charge in [0.15, 0.2) is 0 Å². The molecule has 0 radical (unpaired) electrons. The number of hydrogen-bond donors (Lipinski definition) is 0. The van der Waals surface area contributed by atoms with E-state index >= 15 is 0 Å². The van der Waals surface area contributed by atoms with Crippen LogP contribution in [0.1, 0.15) is 20.9 Å². The Labute approximate surface area is 181 Å². The highest BCUT2D eigenvalue weighted by atomic mass is 35.5. The second kappa shape index (κ2) is 9.27. The number of benzene rings is 1. The summed E-state index contributed by atoms with van der Waals surface area (Å²) in [4.78, 5) is 38.7. The molecule has 0 bridgehead atoms. The highest BCUT2D eigenvalue weighted by Crippen LogP contribution is 2.30. The minimum atomic E-state index is -0.630. The molecule has 0 saturated heterocycles. The molecule has 0 atom stereocenters. The molecule has 3 aromatic rings. The van der Waals surface area contributed by atoms with Crippen molar-refractivity contribution >= 4 is 51.0 Å². The summed E-state index contributed by atoms with van der Waals surface area (Å²) >= 11 is 7.51. The Morgan fingerprint density at radius 2 is 1.77 bits per heavy atom. The summed E-state index contributed by atoms with van der Waals surface area (Å²) in [6, 6.07) is 9.20. The van der Waals surface area contributed by atoms with Gasteiger partial charge < -0.3 is 14.4 Å². The third kappa shape index (κ3) is 4.63. The van der Waals surface area contributed by atoms with Gasteiger partial charge in [-0.15, -0.1) is 11.3 Å². The minimum Gasteiger partial charge on any atom is -0.468 e. The molecule has 2 aromatic heterocycles. The average molecular weight is 450 g/mol. The lowest BCUT2D eigenvalue weighted by atomic mass is 10.2. The number of amides is 1. The predicted molar refractivity (Wildman–Crippen MR) is 113 cm³/mol. The Hall–Kier alpha value is -2.91. The van der Waals surface area contributed by atoms with Crippen molar-refractivity contribution in [1.82, 2.24) is 14.7 Å². The average Bonchev–Trinajstić information content (AvgIpc) is 3.29. The molecule has 1 amide bonds. The monoisotopic (exact) mass is 449 g/mol. The molecule has 0 fully saturated rings. The predicted octanol–water partition coefficient (Wildman–Crippen LogP) is 2.90. The maximum atomic E-state index is 13.0. The van der Waals surface area contributed by atoms with Gasteiger partial charge in [0.25, 0.3) is 5.91 Å². The molecule has 10 heteroatoms. The summed E-state index contributed by atoms with van der Waals surface area (Å²) in [6.45, 7) is 1.59. The number of rotatable bonds is 7. The van der Waals surface area contributed by atoms with E-state index in [-0.39, 0.29) is 13.1 Å². The minimum absolute atomic E-state index is 0.358. The van der Waals surface area contributed by atoms with E-state index in [1.54, 1.807) is 10.7 Å². The maximum Gasteiger partial charge on any atom is 0.325 e. The smallest absolute Gasteiger partial charge is 0.325 e. The van der Waals surface area contributed by atoms with Gasteiger partial charge in [0.05, 0.1) is 31.3 Å². The van der Waals surface area contributed by atoms with E-state index in [1.807, 2.05) is 31.2 Å². The molecule has 3 rings (SSSR count). The standard InChI is InChI=1S/C20H20ClN3O5S/c1-12-14-8-16(19(27)23(10-17(25)28-2)11-18(26)29-3)30-20(14)24(22-12)9-13-6-4-5-7-15(13)21/h4-8H,9-11H2,1-3H3. The van der Waals surface area contributed by atoms with E-state index in [0.29, 0.717) is 16.4 Å². The van der Waals surface area contributed by atoms with Gasteiger partial charge in [-0.2, -0.15) is 5.10 Å². The number of nitrogens with zero attached hydrogens (tertiary/aromatic N) is 3. The molecule has 0 saturated carbocycles. The maximum absolute atomic E-state index is 13.0. The van der Waals surface area contributed by atoms with Crippen LogP contribution in [0.5, 0.6) is 0 Å². The molecule has 0 aliphatic carbocycles. The van der Waals surface area contributed by atoms with Crippen molar-refractivity contribution in [3.8, 4) is 0 Å². The number of carbonyl (C=O) groups is 3. The third-order valence-electron chi connectivity index (χ3n) is 4.48. The molecule has 0 aliphatic heterocycles. The molecule has 8 nitrogen and oxygen atoms in total. The van der Waals surface area contributed by atoms with Crippen LogP contribution >= 0.6 is 22.9 Å². The lowest BCUT2D eigenvalue weighted by Gasteiger charge is -2.19. The number of halogens is 1. The van der Waals surface area contributed by atoms with Gasteiger partial charge in [-0.1, -0.05) is 29.8 Å². The first-order valence-corrected chi connectivity index (χ1v) is 10.2. The topological polar surface area (TPSA) is 90.7 Å². The molecular weight excluding hydrogens is 430 g/mol. The van der Waals surface area contributed by atoms with E-state index in [9.17, 15) is 14.4 Å². The molecule has 0 aliphatic rings. The number of thiophene rings is 1. The largest absolute Gasteiger partial charge is 0.468 e. The Morgan fingerprint density at radius 1 is 1.13 bits per heavy atom. The molecule has 0 spiro atoms. The second-order valence-electron chi connectivity index (χ2n) is 6.48. The van der Waals surface area contributed by atoms with Crippen LogP contribution in [0.15, 0.2) is 30.3 Å². The van der Waals surface area contributed by atoms with Crippen molar-refractivity contribution in [2.45, 2.75) is 13.5 Å². The van der Waals surface area contributed by atoms with E-state index in [2.05, 4.69) is 14.6 Å². The number of fused-ring (bicyclic) bond motifs is 1. The van der Waals surface area contributed by atoms with Crippen LogP contribution in [-0.4, -0.2) is 59.8 Å². The quantitative estimate of drug-likeness (QED) is 0.515. The number of aromatic nitrogens is 2. The zero-order valence-electron chi connectivity index (χ0n) is 16.7. The third-order valence-corrected chi connectivity index (χ3v) is 5.98. The number of aryl methyl sites for hydroxylation is 1. The summed E-state index contributed by atoms with van der Waals surface area (Å²) in [6.07, 6.45) is 0. The van der Waals surface area contributed by atoms with E-state index in [4.69, 9.17) is 11.6 Å². The Balaban J connectivity index is 1.93. The van der Waals surface area contributed by atoms with Gasteiger partial charge >= 0.3 is 11.9 Å². The number of methoxy groups -OCH3 is 2. The molecule has 0 unspecified atom stereocenters. The summed E-state index contributed by atoms with van der Waals surface area (Å²) in [5.74, 6) is -1.72. The van der Waals surface area contributed by atoms with Crippen LogP contribution in [0.4, 0.5) is 0 Å². The van der Waals surface area contributed by atoms with Crippen molar-refractivity contribution in [3.63, 3.8) is 0 Å². The zero-order valence-corrected chi connectivity index (χ0v) is 18.2. The SMILES string of the molecule is COC(=O)CN(CC(=O)OC)C(=O)c1cc2c(C)nn(Cc3ccccc3Cl)c2s1. The first-order valence-electron chi connectivity index (χ1n) is 8.97. The highest BCUT2D eigenvalue weighted by Gasteiger charge is 2.25. The molecule has 2 heterocycles. The number of carbonyl (C=O) groups excluding carboxylic acids is 3. The first kappa shape index (κ1) is 21.8. The van der Waals surface area contributed by atoms with Crippen LogP contribution in [0.25, 0.3) is 10.2 Å². The molecule has 1 aromatic carbocycles. The van der Waals surface area contributed by atoms with E-state index < -0.39 is 17.8 Å². The Bertz CT molecular complexity index is 1090.